The van der Waals surface area contributed by atoms with Gasteiger partial charge in [-0.2, -0.15) is 9.61 Å². The van der Waals surface area contributed by atoms with Crippen molar-refractivity contribution in [3.63, 3.8) is 0 Å². The Morgan fingerprint density at radius 1 is 1.32 bits per heavy atom. The summed E-state index contributed by atoms with van der Waals surface area (Å²) in [7, 11) is 0. The number of nitrogens with zero attached hydrogens (tertiary/aromatic N) is 4. The Kier molecular flexibility index (Phi) is 3.83. The molecule has 3 heterocycles. The molecule has 0 radical (unpaired) electrons. The number of halogens is 1. The van der Waals surface area contributed by atoms with Crippen LogP contribution >= 0.6 is 0 Å². The molecule has 1 aliphatic rings. The smallest absolute Gasteiger partial charge is 0.217 e. The molecule has 4 rings (SSSR count). The maximum absolute atomic E-state index is 14.2. The van der Waals surface area contributed by atoms with Gasteiger partial charge >= 0.3 is 0 Å². The summed E-state index contributed by atoms with van der Waals surface area (Å²) in [5.74, 6) is 0.515. The number of nitrogens with one attached hydrogen (secondary N) is 1. The Balaban J connectivity index is 1.75. The number of anilines is 1. The molecular formula is C18H18FN5O. The number of fused-ring (bicyclic) bond motifs is 1. The summed E-state index contributed by atoms with van der Waals surface area (Å²) in [6, 6.07) is 10.4. The van der Waals surface area contributed by atoms with E-state index in [9.17, 15) is 9.18 Å². The molecule has 0 aliphatic carbocycles. The van der Waals surface area contributed by atoms with Crippen LogP contribution in [0.5, 0.6) is 0 Å². The normalized spacial score (nSPS) is 17.2. The predicted molar refractivity (Wildman–Crippen MR) is 92.8 cm³/mol. The van der Waals surface area contributed by atoms with Gasteiger partial charge in [0.1, 0.15) is 11.6 Å². The second-order valence-corrected chi connectivity index (χ2v) is 6.21. The predicted octanol–water partition coefficient (Wildman–Crippen LogP) is 2.25. The third-order valence-corrected chi connectivity index (χ3v) is 4.41. The lowest BCUT2D eigenvalue weighted by molar-refractivity contribution is -0.119. The highest BCUT2D eigenvalue weighted by Crippen LogP contribution is 2.28. The fraction of sp³-hybridized carbons (Fsp3) is 0.278. The first-order valence-electron chi connectivity index (χ1n) is 8.23. The molecule has 1 saturated heterocycles. The van der Waals surface area contributed by atoms with Crippen LogP contribution in [0.4, 0.5) is 10.2 Å². The lowest BCUT2D eigenvalue weighted by Gasteiger charge is -2.20. The SMILES string of the molecule is CC(=O)N[C@H]1CCN(c2cc(-c3ccccc3F)nc3ccnn23)C1. The van der Waals surface area contributed by atoms with Crippen molar-refractivity contribution in [3.8, 4) is 11.3 Å². The topological polar surface area (TPSA) is 62.5 Å². The molecule has 7 heteroatoms. The number of benzene rings is 1. The van der Waals surface area contributed by atoms with E-state index >= 15 is 0 Å². The maximum Gasteiger partial charge on any atom is 0.217 e. The summed E-state index contributed by atoms with van der Waals surface area (Å²) in [5, 5.41) is 7.29. The molecule has 3 aromatic rings. The van der Waals surface area contributed by atoms with Crippen molar-refractivity contribution in [3.05, 3.63) is 48.4 Å². The minimum atomic E-state index is -0.303. The lowest BCUT2D eigenvalue weighted by atomic mass is 10.1. The van der Waals surface area contributed by atoms with E-state index in [0.29, 0.717) is 23.4 Å². The molecule has 1 amide bonds. The van der Waals surface area contributed by atoms with Gasteiger partial charge in [0.25, 0.3) is 0 Å². The number of aromatic nitrogens is 3. The second-order valence-electron chi connectivity index (χ2n) is 6.21. The van der Waals surface area contributed by atoms with Crippen molar-refractivity contribution in [2.45, 2.75) is 19.4 Å². The van der Waals surface area contributed by atoms with E-state index in [2.05, 4.69) is 20.3 Å². The number of carbonyl (C=O) groups is 1. The van der Waals surface area contributed by atoms with E-state index in [1.807, 2.05) is 6.07 Å². The molecule has 0 spiro atoms. The first-order valence-corrected chi connectivity index (χ1v) is 8.23. The fourth-order valence-corrected chi connectivity index (χ4v) is 3.30. The Bertz CT molecular complexity index is 938. The zero-order chi connectivity index (χ0) is 17.4. The van der Waals surface area contributed by atoms with Gasteiger partial charge < -0.3 is 10.2 Å². The van der Waals surface area contributed by atoms with E-state index in [1.54, 1.807) is 35.0 Å². The summed E-state index contributed by atoms with van der Waals surface area (Å²) < 4.78 is 15.9. The van der Waals surface area contributed by atoms with Gasteiger partial charge in [-0.25, -0.2) is 9.37 Å². The first-order chi connectivity index (χ1) is 12.1. The highest BCUT2D eigenvalue weighted by atomic mass is 19.1. The van der Waals surface area contributed by atoms with Gasteiger partial charge in [-0.3, -0.25) is 4.79 Å². The summed E-state index contributed by atoms with van der Waals surface area (Å²) in [4.78, 5) is 18.0. The number of hydrogen-bond acceptors (Lipinski definition) is 4. The molecule has 0 saturated carbocycles. The van der Waals surface area contributed by atoms with Gasteiger partial charge in [-0.15, -0.1) is 0 Å². The van der Waals surface area contributed by atoms with Crippen molar-refractivity contribution in [2.75, 3.05) is 18.0 Å². The quantitative estimate of drug-likeness (QED) is 0.795. The lowest BCUT2D eigenvalue weighted by Crippen LogP contribution is -2.36. The van der Waals surface area contributed by atoms with Crippen LogP contribution < -0.4 is 10.2 Å². The zero-order valence-corrected chi connectivity index (χ0v) is 13.8. The molecule has 1 N–H and O–H groups in total. The van der Waals surface area contributed by atoms with Gasteiger partial charge in [0.15, 0.2) is 5.65 Å². The molecule has 1 aromatic carbocycles. The monoisotopic (exact) mass is 339 g/mol. The molecule has 1 atom stereocenters. The highest BCUT2D eigenvalue weighted by Gasteiger charge is 2.26. The van der Waals surface area contributed by atoms with Gasteiger partial charge in [0.05, 0.1) is 11.9 Å². The fourth-order valence-electron chi connectivity index (χ4n) is 3.30. The van der Waals surface area contributed by atoms with Crippen molar-refractivity contribution < 1.29 is 9.18 Å². The van der Waals surface area contributed by atoms with Gasteiger partial charge in [0.2, 0.25) is 5.91 Å². The van der Waals surface area contributed by atoms with Crippen LogP contribution in [0.15, 0.2) is 42.6 Å². The van der Waals surface area contributed by atoms with Crippen LogP contribution in [-0.2, 0) is 4.79 Å². The van der Waals surface area contributed by atoms with Crippen LogP contribution in [0, 0.1) is 5.82 Å². The molecular weight excluding hydrogens is 321 g/mol. The van der Waals surface area contributed by atoms with E-state index < -0.39 is 0 Å². The molecule has 0 bridgehead atoms. The van der Waals surface area contributed by atoms with E-state index in [-0.39, 0.29) is 17.8 Å². The number of amides is 1. The Morgan fingerprint density at radius 2 is 2.16 bits per heavy atom. The van der Waals surface area contributed by atoms with E-state index in [0.717, 1.165) is 18.8 Å². The standard InChI is InChI=1S/C18H18FN5O/c1-12(25)21-13-7-9-23(11-13)18-10-16(14-4-2-3-5-15(14)19)22-17-6-8-20-24(17)18/h2-6,8,10,13H,7,9,11H2,1H3,(H,21,25)/t13-/m0/s1. The minimum absolute atomic E-state index is 0.0298. The average Bonchev–Trinajstić information content (AvgIpc) is 3.23. The Hall–Kier alpha value is -2.96. The van der Waals surface area contributed by atoms with Crippen LogP contribution in [0.2, 0.25) is 0 Å². The van der Waals surface area contributed by atoms with Crippen LogP contribution in [0.25, 0.3) is 16.9 Å². The molecule has 25 heavy (non-hydrogen) atoms. The van der Waals surface area contributed by atoms with Crippen molar-refractivity contribution in [1.82, 2.24) is 19.9 Å². The third-order valence-electron chi connectivity index (χ3n) is 4.41. The molecule has 2 aromatic heterocycles. The highest BCUT2D eigenvalue weighted by molar-refractivity contribution is 5.73. The minimum Gasteiger partial charge on any atom is -0.354 e. The third kappa shape index (κ3) is 2.93. The number of carbonyl (C=O) groups excluding carboxylic acids is 1. The average molecular weight is 339 g/mol. The zero-order valence-electron chi connectivity index (χ0n) is 13.8. The Labute approximate surface area is 144 Å². The number of hydrogen-bond donors (Lipinski definition) is 1. The molecule has 0 unspecified atom stereocenters. The van der Waals surface area contributed by atoms with Crippen molar-refractivity contribution >= 4 is 17.4 Å². The molecule has 1 fully saturated rings. The first kappa shape index (κ1) is 15.6. The van der Waals surface area contributed by atoms with Crippen LogP contribution in [-0.4, -0.2) is 39.6 Å². The summed E-state index contributed by atoms with van der Waals surface area (Å²) in [6.07, 6.45) is 2.54. The van der Waals surface area contributed by atoms with Crippen molar-refractivity contribution in [1.29, 1.82) is 0 Å². The Morgan fingerprint density at radius 3 is 2.96 bits per heavy atom. The van der Waals surface area contributed by atoms with Crippen LogP contribution in [0.1, 0.15) is 13.3 Å². The van der Waals surface area contributed by atoms with E-state index in [1.165, 1.54) is 13.0 Å². The van der Waals surface area contributed by atoms with Crippen LogP contribution in [0.3, 0.4) is 0 Å². The van der Waals surface area contributed by atoms with Crippen molar-refractivity contribution in [2.24, 2.45) is 0 Å². The molecule has 1 aliphatic heterocycles. The maximum atomic E-state index is 14.2. The van der Waals surface area contributed by atoms with E-state index in [4.69, 9.17) is 0 Å². The van der Waals surface area contributed by atoms with Gasteiger partial charge in [-0.05, 0) is 18.6 Å². The summed E-state index contributed by atoms with van der Waals surface area (Å²) in [5.41, 5.74) is 1.70. The van der Waals surface area contributed by atoms with Gasteiger partial charge in [0, 0.05) is 43.8 Å². The molecule has 6 nitrogen and oxygen atoms in total. The molecule has 128 valence electrons. The largest absolute Gasteiger partial charge is 0.354 e. The second kappa shape index (κ2) is 6.16. The van der Waals surface area contributed by atoms with Gasteiger partial charge in [-0.1, -0.05) is 12.1 Å². The summed E-state index contributed by atoms with van der Waals surface area (Å²) >= 11 is 0. The summed E-state index contributed by atoms with van der Waals surface area (Å²) in [6.45, 7) is 3.01. The number of rotatable bonds is 3.